The van der Waals surface area contributed by atoms with Gasteiger partial charge in [-0.05, 0) is 36.9 Å². The molecule has 2 nitrogen and oxygen atoms in total. The minimum Gasteiger partial charge on any atom is -0.492 e. The van der Waals surface area contributed by atoms with E-state index in [0.29, 0.717) is 24.3 Å². The second-order valence-corrected chi connectivity index (χ2v) is 4.69. The van der Waals surface area contributed by atoms with Crippen molar-refractivity contribution in [3.63, 3.8) is 0 Å². The summed E-state index contributed by atoms with van der Waals surface area (Å²) >= 11 is 1.52. The molecule has 1 rings (SSSR count). The van der Waals surface area contributed by atoms with E-state index in [1.165, 1.54) is 17.8 Å². The summed E-state index contributed by atoms with van der Waals surface area (Å²) in [6, 6.07) is 4.10. The lowest BCUT2D eigenvalue weighted by atomic mass is 10.1. The number of ether oxygens (including phenoxy) is 1. The minimum absolute atomic E-state index is 0.114. The van der Waals surface area contributed by atoms with Gasteiger partial charge in [-0.3, -0.25) is 0 Å². The summed E-state index contributed by atoms with van der Waals surface area (Å²) in [7, 11) is 0. The molecular weight excluding hydrogens is 263 g/mol. The van der Waals surface area contributed by atoms with Crippen LogP contribution in [0.3, 0.4) is 0 Å². The summed E-state index contributed by atoms with van der Waals surface area (Å²) in [5.41, 5.74) is 5.18. The van der Waals surface area contributed by atoms with Gasteiger partial charge in [0.1, 0.15) is 5.75 Å². The maximum Gasteiger partial charge on any atom is 0.419 e. The molecule has 0 saturated heterocycles. The molecule has 0 spiro atoms. The quantitative estimate of drug-likeness (QED) is 0.813. The lowest BCUT2D eigenvalue weighted by Gasteiger charge is -2.15. The van der Waals surface area contributed by atoms with Gasteiger partial charge < -0.3 is 10.5 Å². The standard InChI is InChI=1S/C12H16F3NOS/c1-18-7-6-17-11-3-2-9(4-5-16)8-10(11)12(13,14)15/h2-3,8H,4-7,16H2,1H3. The predicted octanol–water partition coefficient (Wildman–Crippen LogP) is 2.95. The van der Waals surface area contributed by atoms with E-state index in [0.717, 1.165) is 6.07 Å². The summed E-state index contributed by atoms with van der Waals surface area (Å²) in [5.74, 6) is 0.541. The molecule has 0 atom stereocenters. The van der Waals surface area contributed by atoms with Crippen molar-refractivity contribution < 1.29 is 17.9 Å². The van der Waals surface area contributed by atoms with E-state index in [4.69, 9.17) is 10.5 Å². The molecule has 0 aliphatic rings. The Hall–Kier alpha value is -0.880. The van der Waals surface area contributed by atoms with Gasteiger partial charge in [-0.25, -0.2) is 0 Å². The van der Waals surface area contributed by atoms with E-state index >= 15 is 0 Å². The number of hydrogen-bond donors (Lipinski definition) is 1. The molecule has 0 heterocycles. The number of thioether (sulfide) groups is 1. The van der Waals surface area contributed by atoms with Gasteiger partial charge in [-0.1, -0.05) is 6.07 Å². The van der Waals surface area contributed by atoms with Crippen molar-refractivity contribution in [1.82, 2.24) is 0 Å². The van der Waals surface area contributed by atoms with Crippen molar-refractivity contribution in [2.24, 2.45) is 5.73 Å². The third-order valence-corrected chi connectivity index (χ3v) is 2.90. The third kappa shape index (κ3) is 4.42. The normalized spacial score (nSPS) is 11.6. The molecule has 2 N–H and O–H groups in total. The Kier molecular flexibility index (Phi) is 5.81. The maximum atomic E-state index is 12.9. The monoisotopic (exact) mass is 279 g/mol. The van der Waals surface area contributed by atoms with Crippen LogP contribution in [0.1, 0.15) is 11.1 Å². The fraction of sp³-hybridized carbons (Fsp3) is 0.500. The second-order valence-electron chi connectivity index (χ2n) is 3.71. The Morgan fingerprint density at radius 2 is 2.06 bits per heavy atom. The van der Waals surface area contributed by atoms with Crippen molar-refractivity contribution in [1.29, 1.82) is 0 Å². The largest absolute Gasteiger partial charge is 0.492 e. The SMILES string of the molecule is CSCCOc1ccc(CCN)cc1C(F)(F)F. The molecule has 102 valence electrons. The van der Waals surface area contributed by atoms with Crippen LogP contribution >= 0.6 is 11.8 Å². The van der Waals surface area contributed by atoms with Gasteiger partial charge in [0, 0.05) is 5.75 Å². The molecule has 0 saturated carbocycles. The smallest absolute Gasteiger partial charge is 0.419 e. The minimum atomic E-state index is -4.40. The van der Waals surface area contributed by atoms with Crippen molar-refractivity contribution in [3.05, 3.63) is 29.3 Å². The van der Waals surface area contributed by atoms with Gasteiger partial charge in [0.05, 0.1) is 12.2 Å². The first-order chi connectivity index (χ1) is 8.49. The number of rotatable bonds is 6. The van der Waals surface area contributed by atoms with Crippen LogP contribution in [0, 0.1) is 0 Å². The Labute approximate surface area is 109 Å². The zero-order chi connectivity index (χ0) is 13.6. The van der Waals surface area contributed by atoms with E-state index in [-0.39, 0.29) is 12.4 Å². The van der Waals surface area contributed by atoms with Gasteiger partial charge in [0.15, 0.2) is 0 Å². The van der Waals surface area contributed by atoms with Crippen LogP contribution in [-0.2, 0) is 12.6 Å². The highest BCUT2D eigenvalue weighted by Gasteiger charge is 2.34. The van der Waals surface area contributed by atoms with Crippen molar-refractivity contribution in [3.8, 4) is 5.75 Å². The van der Waals surface area contributed by atoms with Crippen LogP contribution in [0.2, 0.25) is 0 Å². The molecule has 0 unspecified atom stereocenters. The van der Waals surface area contributed by atoms with Crippen LogP contribution in [0.25, 0.3) is 0 Å². The third-order valence-electron chi connectivity index (χ3n) is 2.33. The van der Waals surface area contributed by atoms with Gasteiger partial charge in [-0.15, -0.1) is 0 Å². The number of halogens is 3. The van der Waals surface area contributed by atoms with Crippen molar-refractivity contribution in [2.45, 2.75) is 12.6 Å². The number of nitrogens with two attached hydrogens (primary N) is 1. The highest BCUT2D eigenvalue weighted by atomic mass is 32.2. The summed E-state index contributed by atoms with van der Waals surface area (Å²) in [6.07, 6.45) is -2.11. The van der Waals surface area contributed by atoms with E-state index in [1.807, 2.05) is 6.26 Å². The molecule has 6 heteroatoms. The highest BCUT2D eigenvalue weighted by molar-refractivity contribution is 7.98. The lowest BCUT2D eigenvalue weighted by molar-refractivity contribution is -0.138. The average molecular weight is 279 g/mol. The van der Waals surface area contributed by atoms with Gasteiger partial charge in [0.2, 0.25) is 0 Å². The van der Waals surface area contributed by atoms with E-state index in [9.17, 15) is 13.2 Å². The lowest BCUT2D eigenvalue weighted by Crippen LogP contribution is -2.12. The molecule has 0 aromatic heterocycles. The Bertz CT molecular complexity index is 382. The molecule has 18 heavy (non-hydrogen) atoms. The number of benzene rings is 1. The van der Waals surface area contributed by atoms with Gasteiger partial charge >= 0.3 is 6.18 Å². The van der Waals surface area contributed by atoms with Crippen LogP contribution in [0.15, 0.2) is 18.2 Å². The zero-order valence-electron chi connectivity index (χ0n) is 10.1. The number of alkyl halides is 3. The summed E-state index contributed by atoms with van der Waals surface area (Å²) < 4.78 is 43.7. The first-order valence-electron chi connectivity index (χ1n) is 5.51. The Morgan fingerprint density at radius 1 is 1.33 bits per heavy atom. The zero-order valence-corrected chi connectivity index (χ0v) is 10.9. The Morgan fingerprint density at radius 3 is 2.61 bits per heavy atom. The summed E-state index contributed by atoms with van der Waals surface area (Å²) in [5, 5.41) is 0. The molecular formula is C12H16F3NOS. The molecule has 0 aliphatic heterocycles. The van der Waals surface area contributed by atoms with Crippen LogP contribution in [0.4, 0.5) is 13.2 Å². The molecule has 0 aliphatic carbocycles. The van der Waals surface area contributed by atoms with Gasteiger partial charge in [0.25, 0.3) is 0 Å². The van der Waals surface area contributed by atoms with Crippen LogP contribution < -0.4 is 10.5 Å². The van der Waals surface area contributed by atoms with E-state index in [2.05, 4.69) is 0 Å². The van der Waals surface area contributed by atoms with E-state index in [1.54, 1.807) is 6.07 Å². The van der Waals surface area contributed by atoms with Gasteiger partial charge in [-0.2, -0.15) is 24.9 Å². The summed E-state index contributed by atoms with van der Waals surface area (Å²) in [6.45, 7) is 0.588. The first-order valence-corrected chi connectivity index (χ1v) is 6.90. The molecule has 0 bridgehead atoms. The van der Waals surface area contributed by atoms with Crippen LogP contribution in [0.5, 0.6) is 5.75 Å². The Balaban J connectivity index is 2.94. The molecule has 0 amide bonds. The molecule has 1 aromatic rings. The topological polar surface area (TPSA) is 35.2 Å². The average Bonchev–Trinajstić information content (AvgIpc) is 2.30. The maximum absolute atomic E-state index is 12.9. The first kappa shape index (κ1) is 15.2. The number of hydrogen-bond acceptors (Lipinski definition) is 3. The molecule has 1 aromatic carbocycles. The molecule has 0 radical (unpaired) electrons. The second kappa shape index (κ2) is 6.89. The predicted molar refractivity (Wildman–Crippen MR) is 68.1 cm³/mol. The highest BCUT2D eigenvalue weighted by Crippen LogP contribution is 2.36. The fourth-order valence-corrected chi connectivity index (χ4v) is 1.73. The summed E-state index contributed by atoms with van der Waals surface area (Å²) in [4.78, 5) is 0. The van der Waals surface area contributed by atoms with Crippen LogP contribution in [-0.4, -0.2) is 25.2 Å². The fourth-order valence-electron chi connectivity index (χ4n) is 1.48. The van der Waals surface area contributed by atoms with Crippen molar-refractivity contribution in [2.75, 3.05) is 25.2 Å². The van der Waals surface area contributed by atoms with Crippen molar-refractivity contribution >= 4 is 11.8 Å². The van der Waals surface area contributed by atoms with E-state index < -0.39 is 11.7 Å². The molecule has 0 fully saturated rings.